The maximum absolute atomic E-state index is 4.23. The van der Waals surface area contributed by atoms with Gasteiger partial charge < -0.3 is 0 Å². The number of hydrogen-bond acceptors (Lipinski definition) is 1. The predicted octanol–water partition coefficient (Wildman–Crippen LogP) is 2.77. The standard InChI is InChI=1S/C11H13N/c1-8(2)11-7-12-6-9-4-3-5-10(9)11/h3-4,6-8H,5H2,1-2H3. The molecule has 0 unspecified atom stereocenters. The molecule has 12 heavy (non-hydrogen) atoms. The van der Waals surface area contributed by atoms with Crippen LogP contribution in [0.1, 0.15) is 36.5 Å². The summed E-state index contributed by atoms with van der Waals surface area (Å²) < 4.78 is 0. The topological polar surface area (TPSA) is 12.9 Å². The minimum Gasteiger partial charge on any atom is -0.264 e. The van der Waals surface area contributed by atoms with Crippen LogP contribution in [0.2, 0.25) is 0 Å². The second-order valence-corrected chi connectivity index (χ2v) is 3.56. The highest BCUT2D eigenvalue weighted by atomic mass is 14.6. The highest BCUT2D eigenvalue weighted by Gasteiger charge is 2.12. The Morgan fingerprint density at radius 3 is 2.92 bits per heavy atom. The van der Waals surface area contributed by atoms with E-state index in [2.05, 4.69) is 31.0 Å². The minimum atomic E-state index is 0.590. The lowest BCUT2D eigenvalue weighted by Gasteiger charge is -2.10. The van der Waals surface area contributed by atoms with Crippen molar-refractivity contribution in [1.29, 1.82) is 0 Å². The summed E-state index contributed by atoms with van der Waals surface area (Å²) in [6.45, 7) is 4.44. The second-order valence-electron chi connectivity index (χ2n) is 3.56. The first kappa shape index (κ1) is 7.53. The molecular weight excluding hydrogens is 146 g/mol. The summed E-state index contributed by atoms with van der Waals surface area (Å²) in [5.74, 6) is 0.590. The van der Waals surface area contributed by atoms with Gasteiger partial charge in [0.15, 0.2) is 0 Å². The van der Waals surface area contributed by atoms with Crippen molar-refractivity contribution in [3.63, 3.8) is 0 Å². The van der Waals surface area contributed by atoms with Crippen LogP contribution >= 0.6 is 0 Å². The van der Waals surface area contributed by atoms with Crippen LogP contribution in [0, 0.1) is 0 Å². The van der Waals surface area contributed by atoms with Gasteiger partial charge in [-0.2, -0.15) is 0 Å². The van der Waals surface area contributed by atoms with Gasteiger partial charge in [0.25, 0.3) is 0 Å². The molecule has 1 aliphatic carbocycles. The molecule has 1 nitrogen and oxygen atoms in total. The van der Waals surface area contributed by atoms with Gasteiger partial charge in [-0.05, 0) is 29.0 Å². The zero-order valence-electron chi connectivity index (χ0n) is 7.54. The van der Waals surface area contributed by atoms with Crippen molar-refractivity contribution in [2.24, 2.45) is 0 Å². The van der Waals surface area contributed by atoms with E-state index >= 15 is 0 Å². The van der Waals surface area contributed by atoms with Crippen LogP contribution in [0.4, 0.5) is 0 Å². The third-order valence-corrected chi connectivity index (χ3v) is 2.37. The summed E-state index contributed by atoms with van der Waals surface area (Å²) >= 11 is 0. The lowest BCUT2D eigenvalue weighted by atomic mass is 9.97. The summed E-state index contributed by atoms with van der Waals surface area (Å²) in [5, 5.41) is 0. The largest absolute Gasteiger partial charge is 0.264 e. The number of fused-ring (bicyclic) bond motifs is 1. The van der Waals surface area contributed by atoms with E-state index in [-0.39, 0.29) is 0 Å². The molecule has 0 aromatic carbocycles. The van der Waals surface area contributed by atoms with Gasteiger partial charge in [-0.15, -0.1) is 0 Å². The Bertz CT molecular complexity index is 324. The van der Waals surface area contributed by atoms with Gasteiger partial charge in [-0.1, -0.05) is 26.0 Å². The highest BCUT2D eigenvalue weighted by molar-refractivity contribution is 5.60. The lowest BCUT2D eigenvalue weighted by Crippen LogP contribution is -1.96. The molecule has 0 aliphatic heterocycles. The Labute approximate surface area is 73.1 Å². The maximum atomic E-state index is 4.23. The number of rotatable bonds is 1. The fourth-order valence-electron chi connectivity index (χ4n) is 1.70. The zero-order valence-corrected chi connectivity index (χ0v) is 7.54. The molecule has 0 bridgehead atoms. The van der Waals surface area contributed by atoms with E-state index in [0.29, 0.717) is 5.92 Å². The third-order valence-electron chi connectivity index (χ3n) is 2.37. The van der Waals surface area contributed by atoms with Crippen molar-refractivity contribution in [1.82, 2.24) is 4.98 Å². The quantitative estimate of drug-likeness (QED) is 0.614. The van der Waals surface area contributed by atoms with Crippen molar-refractivity contribution >= 4 is 6.08 Å². The SMILES string of the molecule is CC(C)c1cncc2c1CC=C2. The fraction of sp³-hybridized carbons (Fsp3) is 0.364. The fourth-order valence-corrected chi connectivity index (χ4v) is 1.70. The summed E-state index contributed by atoms with van der Waals surface area (Å²) in [6, 6.07) is 0. The molecule has 0 saturated carbocycles. The number of aromatic nitrogens is 1. The molecule has 1 aromatic rings. The summed E-state index contributed by atoms with van der Waals surface area (Å²) in [5.41, 5.74) is 4.18. The molecule has 1 heterocycles. The molecule has 0 saturated heterocycles. The van der Waals surface area contributed by atoms with Crippen LogP contribution in [-0.2, 0) is 6.42 Å². The van der Waals surface area contributed by atoms with Crippen LogP contribution in [0.3, 0.4) is 0 Å². The monoisotopic (exact) mass is 159 g/mol. The Hall–Kier alpha value is -1.11. The molecule has 1 aliphatic rings. The molecule has 0 N–H and O–H groups in total. The van der Waals surface area contributed by atoms with Crippen molar-refractivity contribution in [3.05, 3.63) is 35.2 Å². The number of pyridine rings is 1. The first-order chi connectivity index (χ1) is 5.79. The Balaban J connectivity index is 2.53. The van der Waals surface area contributed by atoms with Crippen LogP contribution < -0.4 is 0 Å². The van der Waals surface area contributed by atoms with E-state index < -0.39 is 0 Å². The van der Waals surface area contributed by atoms with E-state index in [4.69, 9.17) is 0 Å². The first-order valence-electron chi connectivity index (χ1n) is 4.42. The van der Waals surface area contributed by atoms with Gasteiger partial charge in [-0.3, -0.25) is 4.98 Å². The van der Waals surface area contributed by atoms with Crippen molar-refractivity contribution in [2.75, 3.05) is 0 Å². The van der Waals surface area contributed by atoms with Crippen LogP contribution in [-0.4, -0.2) is 4.98 Å². The van der Waals surface area contributed by atoms with Gasteiger partial charge in [-0.25, -0.2) is 0 Å². The molecule has 1 aromatic heterocycles. The van der Waals surface area contributed by atoms with Crippen molar-refractivity contribution < 1.29 is 0 Å². The number of allylic oxidation sites excluding steroid dienone is 1. The number of nitrogens with zero attached hydrogens (tertiary/aromatic N) is 1. The smallest absolute Gasteiger partial charge is 0.0343 e. The normalized spacial score (nSPS) is 13.9. The van der Waals surface area contributed by atoms with Gasteiger partial charge in [0.2, 0.25) is 0 Å². The van der Waals surface area contributed by atoms with E-state index in [1.54, 1.807) is 0 Å². The summed E-state index contributed by atoms with van der Waals surface area (Å²) in [4.78, 5) is 4.23. The average molecular weight is 159 g/mol. The van der Waals surface area contributed by atoms with E-state index in [1.165, 1.54) is 16.7 Å². The molecule has 0 atom stereocenters. The van der Waals surface area contributed by atoms with Crippen molar-refractivity contribution in [2.45, 2.75) is 26.2 Å². The van der Waals surface area contributed by atoms with Crippen LogP contribution in [0.5, 0.6) is 0 Å². The molecule has 2 rings (SSSR count). The molecule has 1 heteroatoms. The zero-order chi connectivity index (χ0) is 8.55. The molecule has 0 amide bonds. The predicted molar refractivity (Wildman–Crippen MR) is 51.1 cm³/mol. The molecule has 0 spiro atoms. The van der Waals surface area contributed by atoms with Crippen LogP contribution in [0.15, 0.2) is 18.5 Å². The number of hydrogen-bond donors (Lipinski definition) is 0. The first-order valence-corrected chi connectivity index (χ1v) is 4.42. The van der Waals surface area contributed by atoms with Gasteiger partial charge in [0.05, 0.1) is 0 Å². The molecule has 62 valence electrons. The summed E-state index contributed by atoms with van der Waals surface area (Å²) in [7, 11) is 0. The van der Waals surface area contributed by atoms with E-state index in [0.717, 1.165) is 6.42 Å². The molecule has 0 radical (unpaired) electrons. The Morgan fingerprint density at radius 1 is 1.33 bits per heavy atom. The van der Waals surface area contributed by atoms with Crippen LogP contribution in [0.25, 0.3) is 6.08 Å². The minimum absolute atomic E-state index is 0.590. The van der Waals surface area contributed by atoms with Gasteiger partial charge in [0, 0.05) is 12.4 Å². The van der Waals surface area contributed by atoms with E-state index in [1.807, 2.05) is 12.4 Å². The average Bonchev–Trinajstić information content (AvgIpc) is 2.49. The van der Waals surface area contributed by atoms with Gasteiger partial charge >= 0.3 is 0 Å². The highest BCUT2D eigenvalue weighted by Crippen LogP contribution is 2.26. The third kappa shape index (κ3) is 1.06. The van der Waals surface area contributed by atoms with Gasteiger partial charge in [0.1, 0.15) is 0 Å². The second kappa shape index (κ2) is 2.74. The Morgan fingerprint density at radius 2 is 2.17 bits per heavy atom. The van der Waals surface area contributed by atoms with Crippen molar-refractivity contribution in [3.8, 4) is 0 Å². The molecular formula is C11H13N. The Kier molecular flexibility index (Phi) is 1.72. The lowest BCUT2D eigenvalue weighted by molar-refractivity contribution is 0.842. The van der Waals surface area contributed by atoms with E-state index in [9.17, 15) is 0 Å². The summed E-state index contributed by atoms with van der Waals surface area (Å²) in [6.07, 6.45) is 9.40. The maximum Gasteiger partial charge on any atom is 0.0343 e. The molecule has 0 fully saturated rings.